The van der Waals surface area contributed by atoms with Crippen molar-refractivity contribution in [3.05, 3.63) is 83.2 Å². The minimum Gasteiger partial charge on any atom is -0.412 e. The zero-order valence-corrected chi connectivity index (χ0v) is 10.5. The minimum atomic E-state index is -1.46. The maximum Gasteiger partial charge on any atom is 0.515 e. The number of ether oxygens (including phenoxy) is 2. The number of benzene rings is 2. The van der Waals surface area contributed by atoms with Crippen molar-refractivity contribution in [2.24, 2.45) is 0 Å². The first kappa shape index (κ1) is 12.2. The summed E-state index contributed by atoms with van der Waals surface area (Å²) in [6.45, 7) is 7.52. The highest BCUT2D eigenvalue weighted by Gasteiger charge is 2.60. The van der Waals surface area contributed by atoms with Crippen LogP contribution < -0.4 is 0 Å². The summed E-state index contributed by atoms with van der Waals surface area (Å²) in [4.78, 5) is 15.2. The molecule has 2 aromatic carbocycles. The van der Waals surface area contributed by atoms with Crippen LogP contribution in [0.2, 0.25) is 0 Å². The minimum absolute atomic E-state index is 0.606. The van der Waals surface area contributed by atoms with Gasteiger partial charge >= 0.3 is 11.9 Å². The van der Waals surface area contributed by atoms with E-state index in [2.05, 4.69) is 4.85 Å². The molecule has 1 aliphatic heterocycles. The van der Waals surface area contributed by atoms with Crippen LogP contribution in [0.15, 0.2) is 60.7 Å². The van der Waals surface area contributed by atoms with Gasteiger partial charge in [0.15, 0.2) is 0 Å². The van der Waals surface area contributed by atoms with Crippen molar-refractivity contribution in [1.29, 1.82) is 0 Å². The van der Waals surface area contributed by atoms with Crippen molar-refractivity contribution in [2.45, 2.75) is 11.8 Å². The molecule has 2 aromatic rings. The molecule has 98 valence electrons. The van der Waals surface area contributed by atoms with Gasteiger partial charge in [0.2, 0.25) is 0 Å². The van der Waals surface area contributed by atoms with Crippen LogP contribution in [0.25, 0.3) is 4.85 Å². The predicted molar refractivity (Wildman–Crippen MR) is 71.5 cm³/mol. The Kier molecular flexibility index (Phi) is 2.88. The highest BCUT2D eigenvalue weighted by molar-refractivity contribution is 5.65. The first-order chi connectivity index (χ1) is 9.76. The third-order valence-electron chi connectivity index (χ3n) is 3.26. The third kappa shape index (κ3) is 1.81. The average molecular weight is 265 g/mol. The molecule has 4 heteroatoms. The van der Waals surface area contributed by atoms with E-state index in [0.717, 1.165) is 5.56 Å². The molecule has 2 unspecified atom stereocenters. The van der Waals surface area contributed by atoms with Crippen LogP contribution in [0.1, 0.15) is 17.2 Å². The van der Waals surface area contributed by atoms with Crippen molar-refractivity contribution >= 4 is 6.16 Å². The summed E-state index contributed by atoms with van der Waals surface area (Å²) >= 11 is 0. The van der Waals surface area contributed by atoms with Gasteiger partial charge in [-0.25, -0.2) is 11.4 Å². The highest BCUT2D eigenvalue weighted by atomic mass is 16.8. The van der Waals surface area contributed by atoms with Crippen LogP contribution in [0.3, 0.4) is 0 Å². The molecule has 0 aromatic heterocycles. The van der Waals surface area contributed by atoms with E-state index in [0.29, 0.717) is 5.56 Å². The molecule has 0 spiro atoms. The number of carbonyl (C=O) groups excluding carboxylic acids is 1. The van der Waals surface area contributed by atoms with Gasteiger partial charge in [-0.05, 0) is 12.1 Å². The van der Waals surface area contributed by atoms with Gasteiger partial charge in [0.1, 0.15) is 0 Å². The Hall–Kier alpha value is -2.80. The summed E-state index contributed by atoms with van der Waals surface area (Å²) in [7, 11) is 0. The molecule has 0 radical (unpaired) electrons. The molecule has 4 nitrogen and oxygen atoms in total. The largest absolute Gasteiger partial charge is 0.515 e. The molecule has 0 N–H and O–H groups in total. The standard InChI is InChI=1S/C16H11NO3/c1-17-16(13-10-6-3-7-11-13)14(19-15(18)20-16)12-8-4-2-5-9-12/h2-11,14H. The molecule has 2 atom stereocenters. The van der Waals surface area contributed by atoms with E-state index in [1.807, 2.05) is 36.4 Å². The smallest absolute Gasteiger partial charge is 0.412 e. The summed E-state index contributed by atoms with van der Waals surface area (Å²) in [6, 6.07) is 18.1. The molecule has 0 bridgehead atoms. The molecular formula is C16H11NO3. The Morgan fingerprint density at radius 2 is 1.60 bits per heavy atom. The molecule has 1 heterocycles. The second kappa shape index (κ2) is 4.71. The Labute approximate surface area is 116 Å². The van der Waals surface area contributed by atoms with Crippen LogP contribution >= 0.6 is 0 Å². The Balaban J connectivity index is 2.14. The van der Waals surface area contributed by atoms with Crippen molar-refractivity contribution in [3.63, 3.8) is 0 Å². The molecular weight excluding hydrogens is 254 g/mol. The maximum atomic E-state index is 11.6. The van der Waals surface area contributed by atoms with Gasteiger partial charge in [0.25, 0.3) is 6.10 Å². The van der Waals surface area contributed by atoms with E-state index >= 15 is 0 Å². The molecule has 3 rings (SSSR count). The number of rotatable bonds is 2. The second-order valence-corrected chi connectivity index (χ2v) is 4.43. The molecule has 0 amide bonds. The molecule has 20 heavy (non-hydrogen) atoms. The van der Waals surface area contributed by atoms with Gasteiger partial charge in [0.05, 0.1) is 5.56 Å². The number of hydrogen-bond acceptors (Lipinski definition) is 3. The SMILES string of the molecule is [C-]#[N+]C1(c2ccccc2)OC(=O)OC1c1ccccc1. The Bertz CT molecular complexity index is 663. The predicted octanol–water partition coefficient (Wildman–Crippen LogP) is 3.67. The zero-order chi connectivity index (χ0) is 14.0. The summed E-state index contributed by atoms with van der Waals surface area (Å²) in [6.07, 6.45) is -1.59. The lowest BCUT2D eigenvalue weighted by Crippen LogP contribution is -2.27. The number of carbonyl (C=O) groups is 1. The molecule has 1 saturated heterocycles. The number of nitrogens with zero attached hydrogens (tertiary/aromatic N) is 1. The summed E-state index contributed by atoms with van der Waals surface area (Å²) in [5, 5.41) is 0. The third-order valence-corrected chi connectivity index (χ3v) is 3.26. The molecule has 1 fully saturated rings. The number of cyclic esters (lactones) is 2. The van der Waals surface area contributed by atoms with Crippen molar-refractivity contribution in [2.75, 3.05) is 0 Å². The average Bonchev–Trinajstić information content (AvgIpc) is 2.87. The molecule has 0 aliphatic carbocycles. The van der Waals surface area contributed by atoms with Crippen LogP contribution in [0.5, 0.6) is 0 Å². The fraction of sp³-hybridized carbons (Fsp3) is 0.125. The molecule has 0 saturated carbocycles. The van der Waals surface area contributed by atoms with Crippen LogP contribution in [0.4, 0.5) is 4.79 Å². The van der Waals surface area contributed by atoms with E-state index < -0.39 is 18.0 Å². The highest BCUT2D eigenvalue weighted by Crippen LogP contribution is 2.47. The first-order valence-electron chi connectivity index (χ1n) is 6.15. The van der Waals surface area contributed by atoms with Gasteiger partial charge in [-0.3, -0.25) is 4.85 Å². The van der Waals surface area contributed by atoms with Crippen LogP contribution in [-0.4, -0.2) is 6.16 Å². The van der Waals surface area contributed by atoms with Crippen LogP contribution in [-0.2, 0) is 15.2 Å². The van der Waals surface area contributed by atoms with Gasteiger partial charge < -0.3 is 9.47 Å². The normalized spacial score (nSPS) is 24.6. The van der Waals surface area contributed by atoms with E-state index in [1.165, 1.54) is 0 Å². The number of hydrogen-bond donors (Lipinski definition) is 0. The van der Waals surface area contributed by atoms with E-state index in [4.69, 9.17) is 16.0 Å². The lowest BCUT2D eigenvalue weighted by Gasteiger charge is -2.19. The van der Waals surface area contributed by atoms with Gasteiger partial charge in [-0.1, -0.05) is 48.5 Å². The molecule has 1 aliphatic rings. The van der Waals surface area contributed by atoms with Gasteiger partial charge in [0, 0.05) is 5.56 Å². The maximum absolute atomic E-state index is 11.6. The van der Waals surface area contributed by atoms with Crippen LogP contribution in [0, 0.1) is 6.57 Å². The monoisotopic (exact) mass is 265 g/mol. The lowest BCUT2D eigenvalue weighted by atomic mass is 9.92. The fourth-order valence-corrected chi connectivity index (χ4v) is 2.34. The van der Waals surface area contributed by atoms with Crippen molar-refractivity contribution in [1.82, 2.24) is 0 Å². The summed E-state index contributed by atoms with van der Waals surface area (Å²) in [5.74, 6) is 0. The van der Waals surface area contributed by atoms with E-state index in [-0.39, 0.29) is 0 Å². The lowest BCUT2D eigenvalue weighted by molar-refractivity contribution is 0.0691. The quantitative estimate of drug-likeness (QED) is 0.614. The fourth-order valence-electron chi connectivity index (χ4n) is 2.34. The topological polar surface area (TPSA) is 39.9 Å². The van der Waals surface area contributed by atoms with Crippen molar-refractivity contribution in [3.8, 4) is 0 Å². The second-order valence-electron chi connectivity index (χ2n) is 4.43. The van der Waals surface area contributed by atoms with E-state index in [1.54, 1.807) is 24.3 Å². The van der Waals surface area contributed by atoms with Gasteiger partial charge in [-0.15, -0.1) is 0 Å². The Morgan fingerprint density at radius 1 is 1.00 bits per heavy atom. The summed E-state index contributed by atoms with van der Waals surface area (Å²) < 4.78 is 10.5. The summed E-state index contributed by atoms with van der Waals surface area (Å²) in [5.41, 5.74) is -0.118. The van der Waals surface area contributed by atoms with Crippen molar-refractivity contribution < 1.29 is 14.3 Å². The van der Waals surface area contributed by atoms with Gasteiger partial charge in [-0.2, -0.15) is 0 Å². The zero-order valence-electron chi connectivity index (χ0n) is 10.5. The van der Waals surface area contributed by atoms with E-state index in [9.17, 15) is 4.79 Å². The first-order valence-corrected chi connectivity index (χ1v) is 6.15. The Morgan fingerprint density at radius 3 is 2.20 bits per heavy atom.